The third kappa shape index (κ3) is 4.33. The van der Waals surface area contributed by atoms with Crippen molar-refractivity contribution in [2.45, 2.75) is 13.0 Å². The fraction of sp³-hybridized carbons (Fsp3) is 0.500. The Labute approximate surface area is 167 Å². The number of hydrogen-bond donors (Lipinski definition) is 0. The molecule has 2 fully saturated rings. The molecule has 2 saturated heterocycles. The maximum absolute atomic E-state index is 14.6. The van der Waals surface area contributed by atoms with E-state index in [0.29, 0.717) is 42.7 Å². The van der Waals surface area contributed by atoms with Crippen molar-refractivity contribution in [1.29, 1.82) is 0 Å². The van der Waals surface area contributed by atoms with Gasteiger partial charge in [0, 0.05) is 13.1 Å². The van der Waals surface area contributed by atoms with Crippen molar-refractivity contribution >= 4 is 40.8 Å². The first-order valence-corrected chi connectivity index (χ1v) is 9.28. The molecule has 2 heterocycles. The average molecular weight is 411 g/mol. The minimum absolute atomic E-state index is 0.0680. The number of halogens is 1. The Kier molecular flexibility index (Phi) is 6.30. The lowest BCUT2D eigenvalue weighted by molar-refractivity contribution is 0.109. The van der Waals surface area contributed by atoms with E-state index in [9.17, 15) is 14.0 Å². The quantitative estimate of drug-likeness (QED) is 0.705. The summed E-state index contributed by atoms with van der Waals surface area (Å²) in [6, 6.07) is 4.65. The molecule has 0 N–H and O–H groups in total. The summed E-state index contributed by atoms with van der Waals surface area (Å²) in [5.41, 5.74) is 0.870. The van der Waals surface area contributed by atoms with E-state index in [1.165, 1.54) is 23.0 Å². The number of rotatable bonds is 4. The molecule has 1 atom stereocenters. The van der Waals surface area contributed by atoms with Gasteiger partial charge in [0.1, 0.15) is 11.9 Å². The molecule has 1 aromatic carbocycles. The molecule has 0 unspecified atom stereocenters. The standard InChI is InChI=1S/C18H22FN3O5S/c1-12(28)21(17(23)25-2)10-14-11-22(18(24)27-14)13-3-4-16(15(19)9-13)20-5-7-26-8-6-20/h3-4,9,14H,5-8,10-11H2,1-2H3/t14-/m1/s1. The van der Waals surface area contributed by atoms with Crippen LogP contribution >= 0.6 is 12.2 Å². The highest BCUT2D eigenvalue weighted by Crippen LogP contribution is 2.28. The van der Waals surface area contributed by atoms with Gasteiger partial charge in [0.2, 0.25) is 0 Å². The molecular formula is C18H22FN3O5S. The SMILES string of the molecule is COC(=O)N(C[C@@H]1CN(c2ccc(N3CCOCC3)c(F)c2)C(=O)O1)C(C)=S. The molecule has 0 radical (unpaired) electrons. The second-order valence-corrected chi connectivity index (χ2v) is 7.04. The normalized spacial score (nSPS) is 19.4. The van der Waals surface area contributed by atoms with E-state index >= 15 is 0 Å². The average Bonchev–Trinajstić information content (AvgIpc) is 3.06. The van der Waals surface area contributed by atoms with Crippen LogP contribution in [0.4, 0.5) is 25.4 Å². The van der Waals surface area contributed by atoms with Crippen LogP contribution in [0.1, 0.15) is 6.92 Å². The molecule has 2 aliphatic rings. The third-order valence-corrected chi connectivity index (χ3v) is 4.85. The van der Waals surface area contributed by atoms with Crippen molar-refractivity contribution in [3.05, 3.63) is 24.0 Å². The first-order valence-electron chi connectivity index (χ1n) is 8.87. The van der Waals surface area contributed by atoms with Crippen LogP contribution in [-0.4, -0.2) is 74.7 Å². The summed E-state index contributed by atoms with van der Waals surface area (Å²) in [4.78, 5) is 28.8. The number of cyclic esters (lactones) is 1. The summed E-state index contributed by atoms with van der Waals surface area (Å²) in [6.07, 6.45) is -1.83. The predicted octanol–water partition coefficient (Wildman–Crippen LogP) is 2.40. The van der Waals surface area contributed by atoms with Gasteiger partial charge in [0.15, 0.2) is 0 Å². The zero-order chi connectivity index (χ0) is 20.3. The number of benzene rings is 1. The molecule has 0 spiro atoms. The van der Waals surface area contributed by atoms with Crippen LogP contribution in [-0.2, 0) is 14.2 Å². The molecule has 0 saturated carbocycles. The van der Waals surface area contributed by atoms with E-state index in [0.717, 1.165) is 0 Å². The second-order valence-electron chi connectivity index (χ2n) is 6.45. The predicted molar refractivity (Wildman–Crippen MR) is 104 cm³/mol. The van der Waals surface area contributed by atoms with Gasteiger partial charge in [-0.2, -0.15) is 0 Å². The van der Waals surface area contributed by atoms with Gasteiger partial charge in [0.05, 0.1) is 49.8 Å². The smallest absolute Gasteiger partial charge is 0.414 e. The molecule has 152 valence electrons. The van der Waals surface area contributed by atoms with E-state index in [1.54, 1.807) is 19.1 Å². The summed E-state index contributed by atoms with van der Waals surface area (Å²) in [5.74, 6) is -0.415. The molecule has 28 heavy (non-hydrogen) atoms. The van der Waals surface area contributed by atoms with E-state index < -0.39 is 24.1 Å². The third-order valence-electron chi connectivity index (χ3n) is 4.63. The highest BCUT2D eigenvalue weighted by Gasteiger charge is 2.35. The van der Waals surface area contributed by atoms with Crippen molar-refractivity contribution in [2.24, 2.45) is 0 Å². The van der Waals surface area contributed by atoms with Crippen LogP contribution in [0.25, 0.3) is 0 Å². The van der Waals surface area contributed by atoms with E-state index in [-0.39, 0.29) is 13.1 Å². The Hall–Kier alpha value is -2.46. The molecule has 0 bridgehead atoms. The first kappa shape index (κ1) is 20.3. The zero-order valence-corrected chi connectivity index (χ0v) is 16.5. The Morgan fingerprint density at radius 2 is 2.11 bits per heavy atom. The fourth-order valence-corrected chi connectivity index (χ4v) is 3.35. The topological polar surface area (TPSA) is 71.5 Å². The number of morpholine rings is 1. The molecule has 10 heteroatoms. The van der Waals surface area contributed by atoms with Gasteiger partial charge in [0.25, 0.3) is 0 Å². The van der Waals surface area contributed by atoms with Crippen LogP contribution in [0.15, 0.2) is 18.2 Å². The summed E-state index contributed by atoms with van der Waals surface area (Å²) < 4.78 is 29.9. The van der Waals surface area contributed by atoms with Crippen molar-refractivity contribution in [3.8, 4) is 0 Å². The van der Waals surface area contributed by atoms with Crippen molar-refractivity contribution in [2.75, 3.05) is 56.3 Å². The van der Waals surface area contributed by atoms with Crippen molar-refractivity contribution in [3.63, 3.8) is 0 Å². The molecule has 1 aromatic rings. The number of nitrogens with zero attached hydrogens (tertiary/aromatic N) is 3. The maximum atomic E-state index is 14.6. The number of carbonyl (C=O) groups is 2. The Bertz CT molecular complexity index is 772. The Morgan fingerprint density at radius 1 is 1.39 bits per heavy atom. The zero-order valence-electron chi connectivity index (χ0n) is 15.7. The number of carbonyl (C=O) groups excluding carboxylic acids is 2. The van der Waals surface area contributed by atoms with Crippen LogP contribution in [0.2, 0.25) is 0 Å². The summed E-state index contributed by atoms with van der Waals surface area (Å²) in [6.45, 7) is 4.16. The van der Waals surface area contributed by atoms with Crippen LogP contribution < -0.4 is 9.80 Å². The van der Waals surface area contributed by atoms with Crippen molar-refractivity contribution in [1.82, 2.24) is 4.90 Å². The lowest BCUT2D eigenvalue weighted by Crippen LogP contribution is -2.41. The van der Waals surface area contributed by atoms with Crippen LogP contribution in [0.3, 0.4) is 0 Å². The van der Waals surface area contributed by atoms with E-state index in [4.69, 9.17) is 26.4 Å². The monoisotopic (exact) mass is 411 g/mol. The highest BCUT2D eigenvalue weighted by molar-refractivity contribution is 7.80. The number of amides is 2. The van der Waals surface area contributed by atoms with E-state index in [2.05, 4.69) is 0 Å². The molecule has 0 aliphatic carbocycles. The first-order chi connectivity index (χ1) is 13.4. The van der Waals surface area contributed by atoms with E-state index in [1.807, 2.05) is 4.90 Å². The van der Waals surface area contributed by atoms with Gasteiger partial charge in [-0.05, 0) is 25.1 Å². The summed E-state index contributed by atoms with van der Waals surface area (Å²) in [7, 11) is 1.25. The molecule has 8 nitrogen and oxygen atoms in total. The van der Waals surface area contributed by atoms with Gasteiger partial charge < -0.3 is 19.1 Å². The van der Waals surface area contributed by atoms with Gasteiger partial charge in [-0.1, -0.05) is 12.2 Å². The van der Waals surface area contributed by atoms with Gasteiger partial charge in [-0.3, -0.25) is 9.80 Å². The molecular weight excluding hydrogens is 389 g/mol. The number of anilines is 2. The minimum atomic E-state index is -0.622. The largest absolute Gasteiger partial charge is 0.452 e. The lowest BCUT2D eigenvalue weighted by Gasteiger charge is -2.29. The highest BCUT2D eigenvalue weighted by atomic mass is 32.1. The maximum Gasteiger partial charge on any atom is 0.414 e. The fourth-order valence-electron chi connectivity index (χ4n) is 3.20. The number of methoxy groups -OCH3 is 1. The molecule has 2 aliphatic heterocycles. The number of ether oxygens (including phenoxy) is 3. The number of hydrogen-bond acceptors (Lipinski definition) is 7. The second kappa shape index (κ2) is 8.70. The molecule has 3 rings (SSSR count). The van der Waals surface area contributed by atoms with Crippen LogP contribution in [0.5, 0.6) is 0 Å². The summed E-state index contributed by atoms with van der Waals surface area (Å²) in [5, 5.41) is 0. The molecule has 0 aromatic heterocycles. The Morgan fingerprint density at radius 3 is 2.71 bits per heavy atom. The van der Waals surface area contributed by atoms with Gasteiger partial charge >= 0.3 is 12.2 Å². The summed E-state index contributed by atoms with van der Waals surface area (Å²) >= 11 is 5.05. The number of thiocarbonyl (C=S) groups is 1. The molecule has 2 amide bonds. The minimum Gasteiger partial charge on any atom is -0.452 e. The lowest BCUT2D eigenvalue weighted by atomic mass is 10.2. The van der Waals surface area contributed by atoms with Gasteiger partial charge in [-0.25, -0.2) is 14.0 Å². The Balaban J connectivity index is 1.70. The van der Waals surface area contributed by atoms with Gasteiger partial charge in [-0.15, -0.1) is 0 Å². The van der Waals surface area contributed by atoms with Crippen LogP contribution in [0, 0.1) is 5.82 Å². The van der Waals surface area contributed by atoms with Crippen molar-refractivity contribution < 1.29 is 28.2 Å².